The fraction of sp³-hybridized carbons (Fsp3) is 0.429. The minimum atomic E-state index is -0.460. The molecule has 0 spiro atoms. The van der Waals surface area contributed by atoms with Crippen molar-refractivity contribution in [3.8, 4) is 5.75 Å². The van der Waals surface area contributed by atoms with E-state index in [4.69, 9.17) is 15.2 Å². The highest BCUT2D eigenvalue weighted by Crippen LogP contribution is 2.13. The SMILES string of the molecule is CCN(C)C(=O)COC(=O)CCOc1ccc(N)cc1. The van der Waals surface area contributed by atoms with E-state index in [9.17, 15) is 9.59 Å². The van der Waals surface area contributed by atoms with Gasteiger partial charge >= 0.3 is 5.97 Å². The summed E-state index contributed by atoms with van der Waals surface area (Å²) in [7, 11) is 1.65. The van der Waals surface area contributed by atoms with Crippen molar-refractivity contribution in [3.63, 3.8) is 0 Å². The van der Waals surface area contributed by atoms with Crippen LogP contribution in [0, 0.1) is 0 Å². The molecule has 0 bridgehead atoms. The van der Waals surface area contributed by atoms with Crippen molar-refractivity contribution in [2.24, 2.45) is 0 Å². The third-order valence-electron chi connectivity index (χ3n) is 2.71. The van der Waals surface area contributed by atoms with Crippen LogP contribution in [0.25, 0.3) is 0 Å². The topological polar surface area (TPSA) is 81.9 Å². The van der Waals surface area contributed by atoms with Gasteiger partial charge in [-0.3, -0.25) is 9.59 Å². The molecule has 0 unspecified atom stereocenters. The number of hydrogen-bond donors (Lipinski definition) is 1. The first-order chi connectivity index (χ1) is 9.52. The Labute approximate surface area is 118 Å². The van der Waals surface area contributed by atoms with Crippen molar-refractivity contribution in [1.82, 2.24) is 4.90 Å². The van der Waals surface area contributed by atoms with Crippen molar-refractivity contribution in [2.75, 3.05) is 32.5 Å². The van der Waals surface area contributed by atoms with Gasteiger partial charge in [0.05, 0.1) is 13.0 Å². The second kappa shape index (κ2) is 8.04. The number of nitrogens with two attached hydrogens (primary N) is 1. The fourth-order valence-electron chi connectivity index (χ4n) is 1.32. The molecular formula is C14H20N2O4. The number of carbonyl (C=O) groups excluding carboxylic acids is 2. The van der Waals surface area contributed by atoms with Gasteiger partial charge in [-0.1, -0.05) is 0 Å². The Morgan fingerprint density at radius 2 is 1.90 bits per heavy atom. The van der Waals surface area contributed by atoms with E-state index in [-0.39, 0.29) is 25.5 Å². The average molecular weight is 280 g/mol. The number of hydrogen-bond acceptors (Lipinski definition) is 5. The van der Waals surface area contributed by atoms with E-state index >= 15 is 0 Å². The Hall–Kier alpha value is -2.24. The lowest BCUT2D eigenvalue weighted by Crippen LogP contribution is -2.31. The number of esters is 1. The van der Waals surface area contributed by atoms with Gasteiger partial charge in [0.2, 0.25) is 0 Å². The summed E-state index contributed by atoms with van der Waals surface area (Å²) in [4.78, 5) is 24.3. The maximum atomic E-state index is 11.4. The molecule has 0 saturated carbocycles. The number of benzene rings is 1. The first-order valence-corrected chi connectivity index (χ1v) is 6.41. The number of likely N-dealkylation sites (N-methyl/N-ethyl adjacent to an activating group) is 1. The van der Waals surface area contributed by atoms with Crippen LogP contribution >= 0.6 is 0 Å². The highest BCUT2D eigenvalue weighted by molar-refractivity contribution is 5.80. The van der Waals surface area contributed by atoms with Crippen LogP contribution in [0.15, 0.2) is 24.3 Å². The van der Waals surface area contributed by atoms with Gasteiger partial charge in [0.15, 0.2) is 6.61 Å². The van der Waals surface area contributed by atoms with E-state index < -0.39 is 5.97 Å². The maximum absolute atomic E-state index is 11.4. The summed E-state index contributed by atoms with van der Waals surface area (Å²) in [5, 5.41) is 0. The Balaban J connectivity index is 2.20. The smallest absolute Gasteiger partial charge is 0.309 e. The molecule has 1 rings (SSSR count). The summed E-state index contributed by atoms with van der Waals surface area (Å²) in [6.45, 7) is 2.39. The third kappa shape index (κ3) is 5.60. The zero-order valence-corrected chi connectivity index (χ0v) is 11.8. The molecule has 0 aliphatic heterocycles. The largest absolute Gasteiger partial charge is 0.493 e. The molecule has 6 heteroatoms. The molecule has 0 aliphatic carbocycles. The molecule has 0 atom stereocenters. The van der Waals surface area contributed by atoms with Gasteiger partial charge in [-0.25, -0.2) is 0 Å². The molecule has 1 aromatic carbocycles. The standard InChI is InChI=1S/C14H20N2O4/c1-3-16(2)13(17)10-20-14(18)8-9-19-12-6-4-11(15)5-7-12/h4-7H,3,8-10,15H2,1-2H3. The first kappa shape index (κ1) is 15.8. The van der Waals surface area contributed by atoms with Gasteiger partial charge in [-0.15, -0.1) is 0 Å². The molecule has 110 valence electrons. The predicted octanol–water partition coefficient (Wildman–Crippen LogP) is 1.06. The van der Waals surface area contributed by atoms with Gasteiger partial charge < -0.3 is 20.1 Å². The monoisotopic (exact) mass is 280 g/mol. The zero-order chi connectivity index (χ0) is 15.0. The molecule has 0 heterocycles. The van der Waals surface area contributed by atoms with Crippen LogP contribution in [0.2, 0.25) is 0 Å². The Bertz CT molecular complexity index is 445. The molecule has 0 saturated heterocycles. The van der Waals surface area contributed by atoms with Crippen LogP contribution in [0.5, 0.6) is 5.75 Å². The first-order valence-electron chi connectivity index (χ1n) is 6.41. The van der Waals surface area contributed by atoms with Gasteiger partial charge in [0, 0.05) is 19.3 Å². The van der Waals surface area contributed by atoms with E-state index in [1.165, 1.54) is 4.90 Å². The van der Waals surface area contributed by atoms with E-state index in [2.05, 4.69) is 0 Å². The average Bonchev–Trinajstić information content (AvgIpc) is 2.46. The normalized spacial score (nSPS) is 9.90. The summed E-state index contributed by atoms with van der Waals surface area (Å²) >= 11 is 0. The quantitative estimate of drug-likeness (QED) is 0.596. The number of ether oxygens (including phenoxy) is 2. The Kier molecular flexibility index (Phi) is 6.36. The van der Waals surface area contributed by atoms with Crippen LogP contribution < -0.4 is 10.5 Å². The summed E-state index contributed by atoms with van der Waals surface area (Å²) < 4.78 is 10.2. The number of nitrogen functional groups attached to an aromatic ring is 1. The van der Waals surface area contributed by atoms with Crippen molar-refractivity contribution >= 4 is 17.6 Å². The highest BCUT2D eigenvalue weighted by Gasteiger charge is 2.10. The number of carbonyl (C=O) groups is 2. The van der Waals surface area contributed by atoms with Crippen molar-refractivity contribution in [2.45, 2.75) is 13.3 Å². The lowest BCUT2D eigenvalue weighted by atomic mass is 10.3. The van der Waals surface area contributed by atoms with Gasteiger partial charge in [0.25, 0.3) is 5.91 Å². The molecular weight excluding hydrogens is 260 g/mol. The van der Waals surface area contributed by atoms with Crippen LogP contribution in [0.4, 0.5) is 5.69 Å². The fourth-order valence-corrected chi connectivity index (χ4v) is 1.32. The predicted molar refractivity (Wildman–Crippen MR) is 75.2 cm³/mol. The number of amides is 1. The van der Waals surface area contributed by atoms with E-state index in [1.54, 1.807) is 31.3 Å². The molecule has 1 amide bonds. The van der Waals surface area contributed by atoms with E-state index in [1.807, 2.05) is 6.92 Å². The maximum Gasteiger partial charge on any atom is 0.309 e. The molecule has 0 aromatic heterocycles. The lowest BCUT2D eigenvalue weighted by Gasteiger charge is -2.14. The second-order valence-corrected chi connectivity index (χ2v) is 4.24. The molecule has 20 heavy (non-hydrogen) atoms. The van der Waals surface area contributed by atoms with Gasteiger partial charge in [-0.05, 0) is 31.2 Å². The molecule has 0 radical (unpaired) electrons. The van der Waals surface area contributed by atoms with Crippen LogP contribution in [0.3, 0.4) is 0 Å². The summed E-state index contributed by atoms with van der Waals surface area (Å²) in [5.74, 6) is -0.0487. The molecule has 1 aromatic rings. The Morgan fingerprint density at radius 3 is 2.50 bits per heavy atom. The van der Waals surface area contributed by atoms with Crippen molar-refractivity contribution in [3.05, 3.63) is 24.3 Å². The number of anilines is 1. The molecule has 2 N–H and O–H groups in total. The van der Waals surface area contributed by atoms with Crippen LogP contribution in [-0.4, -0.2) is 43.6 Å². The second-order valence-electron chi connectivity index (χ2n) is 4.24. The molecule has 0 aliphatic rings. The summed E-state index contributed by atoms with van der Waals surface area (Å²) in [6.07, 6.45) is 0.0908. The van der Waals surface area contributed by atoms with Crippen LogP contribution in [-0.2, 0) is 14.3 Å². The van der Waals surface area contributed by atoms with Crippen LogP contribution in [0.1, 0.15) is 13.3 Å². The summed E-state index contributed by atoms with van der Waals surface area (Å²) in [5.41, 5.74) is 6.19. The highest BCUT2D eigenvalue weighted by atomic mass is 16.5. The van der Waals surface area contributed by atoms with Crippen molar-refractivity contribution < 1.29 is 19.1 Å². The molecule has 6 nitrogen and oxygen atoms in total. The van der Waals surface area contributed by atoms with E-state index in [0.717, 1.165) is 0 Å². The Morgan fingerprint density at radius 1 is 1.25 bits per heavy atom. The minimum absolute atomic E-state index is 0.0908. The van der Waals surface area contributed by atoms with Gasteiger partial charge in [0.1, 0.15) is 5.75 Å². The third-order valence-corrected chi connectivity index (χ3v) is 2.71. The minimum Gasteiger partial charge on any atom is -0.493 e. The zero-order valence-electron chi connectivity index (χ0n) is 11.8. The van der Waals surface area contributed by atoms with Gasteiger partial charge in [-0.2, -0.15) is 0 Å². The number of nitrogens with zero attached hydrogens (tertiary/aromatic N) is 1. The van der Waals surface area contributed by atoms with E-state index in [0.29, 0.717) is 18.0 Å². The summed E-state index contributed by atoms with van der Waals surface area (Å²) in [6, 6.07) is 6.88. The van der Waals surface area contributed by atoms with Crippen molar-refractivity contribution in [1.29, 1.82) is 0 Å². The molecule has 0 fully saturated rings. The number of rotatable bonds is 7. The lowest BCUT2D eigenvalue weighted by molar-refractivity contribution is -0.151.